The van der Waals surface area contributed by atoms with Gasteiger partial charge in [-0.2, -0.15) is 9.90 Å². The molecule has 4 saturated carbocycles. The van der Waals surface area contributed by atoms with E-state index in [0.29, 0.717) is 27.5 Å². The minimum absolute atomic E-state index is 0.0927. The van der Waals surface area contributed by atoms with Gasteiger partial charge in [0.2, 0.25) is 5.65 Å². The molecule has 7 unspecified atom stereocenters. The lowest BCUT2D eigenvalue weighted by atomic mass is 9.44. The Labute approximate surface area is 213 Å². The van der Waals surface area contributed by atoms with Crippen LogP contribution in [-0.4, -0.2) is 39.5 Å². The van der Waals surface area contributed by atoms with E-state index in [9.17, 15) is 4.79 Å². The van der Waals surface area contributed by atoms with Crippen LogP contribution in [0, 0.1) is 46.3 Å². The van der Waals surface area contributed by atoms with E-state index in [4.69, 9.17) is 16.3 Å². The van der Waals surface area contributed by atoms with Gasteiger partial charge in [-0.3, -0.25) is 4.79 Å². The molecule has 35 heavy (non-hydrogen) atoms. The van der Waals surface area contributed by atoms with Crippen LogP contribution in [0.25, 0.3) is 11.2 Å². The van der Waals surface area contributed by atoms with Crippen LogP contribution in [0.15, 0.2) is 12.3 Å². The Morgan fingerprint density at radius 3 is 2.83 bits per heavy atom. The average Bonchev–Trinajstić information content (AvgIpc) is 3.38. The average molecular weight is 499 g/mol. The SMILES string of the molecule is COCC12CCC(C)CC1CCC1C2CCC2(C)C1CC[C@@H]2C(=O)Cn1nc2cc(Cl)cnc2n1. The molecule has 8 atom stereocenters. The van der Waals surface area contributed by atoms with Crippen LogP contribution in [0.3, 0.4) is 0 Å². The van der Waals surface area contributed by atoms with Crippen LogP contribution in [0.4, 0.5) is 0 Å². The molecule has 0 N–H and O–H groups in total. The summed E-state index contributed by atoms with van der Waals surface area (Å²) < 4.78 is 5.94. The van der Waals surface area contributed by atoms with Crippen molar-refractivity contribution in [1.82, 2.24) is 20.0 Å². The highest BCUT2D eigenvalue weighted by Gasteiger charge is 2.62. The van der Waals surface area contributed by atoms with Crippen molar-refractivity contribution >= 4 is 28.5 Å². The van der Waals surface area contributed by atoms with Crippen molar-refractivity contribution in [1.29, 1.82) is 0 Å². The molecule has 2 aromatic rings. The summed E-state index contributed by atoms with van der Waals surface area (Å²) in [5, 5.41) is 9.46. The standard InChI is InChI=1S/C28H39ClN4O2/c1-17-8-11-28(16-35-3)18(12-17)4-5-20-21-6-7-23(27(21,2)10-9-22(20)28)25(34)15-33-31-24-13-19(29)14-30-26(24)32-33/h13-14,17-18,20-23H,4-12,15-16H2,1-3H3/t17?,18?,20?,21?,22?,23-,27?,28?/m1/s1. The second kappa shape index (κ2) is 8.79. The molecule has 7 heteroatoms. The highest BCUT2D eigenvalue weighted by Crippen LogP contribution is 2.68. The van der Waals surface area contributed by atoms with E-state index in [-0.39, 0.29) is 23.7 Å². The number of hydrogen-bond donors (Lipinski definition) is 0. The zero-order chi connectivity index (χ0) is 24.4. The molecule has 6 nitrogen and oxygen atoms in total. The lowest BCUT2D eigenvalue weighted by Crippen LogP contribution is -2.56. The number of nitrogens with zero attached hydrogens (tertiary/aromatic N) is 4. The maximum atomic E-state index is 13.6. The highest BCUT2D eigenvalue weighted by atomic mass is 35.5. The Bertz CT molecular complexity index is 1120. The van der Waals surface area contributed by atoms with Gasteiger partial charge in [-0.15, -0.1) is 5.10 Å². The second-order valence-electron chi connectivity index (χ2n) is 12.6. The largest absolute Gasteiger partial charge is 0.384 e. The first kappa shape index (κ1) is 23.8. The second-order valence-corrected chi connectivity index (χ2v) is 13.0. The van der Waals surface area contributed by atoms with Crippen LogP contribution in [0.2, 0.25) is 5.02 Å². The minimum atomic E-state index is 0.0927. The smallest absolute Gasteiger partial charge is 0.201 e. The fourth-order valence-corrected chi connectivity index (χ4v) is 9.64. The molecule has 0 bridgehead atoms. The molecule has 0 spiro atoms. The quantitative estimate of drug-likeness (QED) is 0.507. The molecule has 190 valence electrons. The minimum Gasteiger partial charge on any atom is -0.384 e. The van der Waals surface area contributed by atoms with Gasteiger partial charge in [0.25, 0.3) is 0 Å². The molecule has 6 rings (SSSR count). The molecule has 0 radical (unpaired) electrons. The number of halogens is 1. The van der Waals surface area contributed by atoms with Gasteiger partial charge in [-0.05, 0) is 97.9 Å². The fraction of sp³-hybridized carbons (Fsp3) is 0.786. The van der Waals surface area contributed by atoms with Gasteiger partial charge in [-0.1, -0.05) is 31.9 Å². The molecular formula is C28H39ClN4O2. The number of Topliss-reactive ketones (excluding diaryl/α,β-unsaturated/α-hetero) is 1. The Morgan fingerprint density at radius 2 is 2.00 bits per heavy atom. The van der Waals surface area contributed by atoms with Crippen LogP contribution in [0.5, 0.6) is 0 Å². The molecule has 4 aliphatic rings. The van der Waals surface area contributed by atoms with E-state index in [1.165, 1.54) is 49.7 Å². The highest BCUT2D eigenvalue weighted by molar-refractivity contribution is 6.30. The van der Waals surface area contributed by atoms with Crippen LogP contribution in [0.1, 0.15) is 71.6 Å². The molecule has 0 aliphatic heterocycles. The summed E-state index contributed by atoms with van der Waals surface area (Å²) in [6.45, 7) is 6.02. The Balaban J connectivity index is 1.22. The van der Waals surface area contributed by atoms with Gasteiger partial charge in [0, 0.05) is 19.2 Å². The normalized spacial score (nSPS) is 40.8. The number of hydrogen-bond acceptors (Lipinski definition) is 5. The summed E-state index contributed by atoms with van der Waals surface area (Å²) in [5.41, 5.74) is 1.64. The van der Waals surface area contributed by atoms with E-state index in [1.807, 2.05) is 7.11 Å². The molecule has 2 aromatic heterocycles. The number of fused-ring (bicyclic) bond motifs is 6. The number of rotatable bonds is 5. The zero-order valence-electron chi connectivity index (χ0n) is 21.4. The van der Waals surface area contributed by atoms with Crippen molar-refractivity contribution in [2.75, 3.05) is 13.7 Å². The molecule has 0 amide bonds. The predicted molar refractivity (Wildman–Crippen MR) is 136 cm³/mol. The van der Waals surface area contributed by atoms with Crippen molar-refractivity contribution < 1.29 is 9.53 Å². The number of ether oxygens (including phenoxy) is 1. The topological polar surface area (TPSA) is 69.9 Å². The van der Waals surface area contributed by atoms with Gasteiger partial charge in [0.15, 0.2) is 5.78 Å². The van der Waals surface area contributed by atoms with Crippen LogP contribution < -0.4 is 0 Å². The monoisotopic (exact) mass is 498 g/mol. The van der Waals surface area contributed by atoms with E-state index in [1.54, 1.807) is 12.3 Å². The Morgan fingerprint density at radius 1 is 1.14 bits per heavy atom. The molecular weight excluding hydrogens is 460 g/mol. The van der Waals surface area contributed by atoms with E-state index in [0.717, 1.165) is 43.1 Å². The van der Waals surface area contributed by atoms with Crippen molar-refractivity contribution in [2.24, 2.45) is 46.3 Å². The van der Waals surface area contributed by atoms with E-state index < -0.39 is 0 Å². The first-order chi connectivity index (χ1) is 16.8. The molecule has 0 saturated heterocycles. The summed E-state index contributed by atoms with van der Waals surface area (Å²) in [6, 6.07) is 1.75. The van der Waals surface area contributed by atoms with E-state index >= 15 is 0 Å². The lowest BCUT2D eigenvalue weighted by Gasteiger charge is -2.61. The van der Waals surface area contributed by atoms with E-state index in [2.05, 4.69) is 29.0 Å². The van der Waals surface area contributed by atoms with Gasteiger partial charge < -0.3 is 4.74 Å². The third-order valence-electron chi connectivity index (χ3n) is 11.0. The summed E-state index contributed by atoms with van der Waals surface area (Å²) in [6.07, 6.45) is 12.9. The van der Waals surface area contributed by atoms with Crippen molar-refractivity contribution in [3.8, 4) is 0 Å². The van der Waals surface area contributed by atoms with Gasteiger partial charge >= 0.3 is 0 Å². The molecule has 4 aliphatic carbocycles. The number of pyridine rings is 1. The summed E-state index contributed by atoms with van der Waals surface area (Å²) >= 11 is 6.05. The Hall–Kier alpha value is -1.53. The third kappa shape index (κ3) is 3.77. The first-order valence-corrected chi connectivity index (χ1v) is 14.1. The number of carbonyl (C=O) groups is 1. The van der Waals surface area contributed by atoms with Crippen LogP contribution in [-0.2, 0) is 16.1 Å². The third-order valence-corrected chi connectivity index (χ3v) is 11.2. The molecule has 0 aromatic carbocycles. The summed E-state index contributed by atoms with van der Waals surface area (Å²) in [7, 11) is 1.90. The van der Waals surface area contributed by atoms with Gasteiger partial charge in [0.1, 0.15) is 12.1 Å². The van der Waals surface area contributed by atoms with Crippen molar-refractivity contribution in [2.45, 2.75) is 78.2 Å². The number of carbonyl (C=O) groups excluding carboxylic acids is 1. The zero-order valence-corrected chi connectivity index (χ0v) is 22.1. The lowest BCUT2D eigenvalue weighted by molar-refractivity contribution is -0.154. The molecule has 4 fully saturated rings. The van der Waals surface area contributed by atoms with Crippen molar-refractivity contribution in [3.05, 3.63) is 17.3 Å². The maximum Gasteiger partial charge on any atom is 0.201 e. The number of aromatic nitrogens is 4. The summed E-state index contributed by atoms with van der Waals surface area (Å²) in [4.78, 5) is 19.4. The first-order valence-electron chi connectivity index (χ1n) is 13.7. The van der Waals surface area contributed by atoms with Gasteiger partial charge in [-0.25, -0.2) is 4.98 Å². The fourth-order valence-electron chi connectivity index (χ4n) is 9.49. The Kier molecular flexibility index (Phi) is 5.99. The predicted octanol–water partition coefficient (Wildman–Crippen LogP) is 5.97. The van der Waals surface area contributed by atoms with Crippen LogP contribution >= 0.6 is 11.6 Å². The molecule has 2 heterocycles. The number of ketones is 1. The van der Waals surface area contributed by atoms with Crippen molar-refractivity contribution in [3.63, 3.8) is 0 Å². The number of methoxy groups -OCH3 is 1. The summed E-state index contributed by atoms with van der Waals surface area (Å²) in [5.74, 6) is 4.20. The maximum absolute atomic E-state index is 13.6. The van der Waals surface area contributed by atoms with Gasteiger partial charge in [0.05, 0.1) is 11.6 Å².